The predicted octanol–water partition coefficient (Wildman–Crippen LogP) is 4.90. The smallest absolute Gasteiger partial charge is 0.407 e. The predicted molar refractivity (Wildman–Crippen MR) is 132 cm³/mol. The number of anilines is 1. The Hall–Kier alpha value is -4.18. The zero-order valence-corrected chi connectivity index (χ0v) is 19.7. The summed E-state index contributed by atoms with van der Waals surface area (Å²) in [5.41, 5.74) is 2.72. The van der Waals surface area contributed by atoms with Gasteiger partial charge in [-0.25, -0.2) is 9.78 Å². The van der Waals surface area contributed by atoms with E-state index >= 15 is 0 Å². The second-order valence-electron chi connectivity index (χ2n) is 9.11. The van der Waals surface area contributed by atoms with Gasteiger partial charge in [0.1, 0.15) is 17.6 Å². The van der Waals surface area contributed by atoms with Crippen molar-refractivity contribution in [2.75, 3.05) is 11.9 Å². The number of nitrogens with zero attached hydrogens (tertiary/aromatic N) is 3. The van der Waals surface area contributed by atoms with Crippen LogP contribution in [0.2, 0.25) is 0 Å². The van der Waals surface area contributed by atoms with Gasteiger partial charge in [-0.3, -0.25) is 14.7 Å². The lowest BCUT2D eigenvalue weighted by Crippen LogP contribution is -2.48. The van der Waals surface area contributed by atoms with E-state index in [0.717, 1.165) is 21.6 Å². The molecule has 0 aliphatic heterocycles. The number of hydrogen-bond donors (Lipinski definition) is 2. The Labute approximate surface area is 199 Å². The van der Waals surface area contributed by atoms with Crippen LogP contribution in [0.25, 0.3) is 11.1 Å². The molecule has 1 atom stereocenters. The summed E-state index contributed by atoms with van der Waals surface area (Å²) >= 11 is 0. The van der Waals surface area contributed by atoms with Crippen molar-refractivity contribution < 1.29 is 14.7 Å². The first-order valence-corrected chi connectivity index (χ1v) is 10.9. The maximum absolute atomic E-state index is 13.0. The molecule has 1 aromatic carbocycles. The maximum Gasteiger partial charge on any atom is 0.407 e. The van der Waals surface area contributed by atoms with Crippen molar-refractivity contribution in [1.82, 2.24) is 14.9 Å². The topological polar surface area (TPSA) is 95.4 Å². The molecule has 0 fully saturated rings. The number of carboxylic acid groups (broad SMARTS) is 1. The molecule has 0 saturated carbocycles. The van der Waals surface area contributed by atoms with E-state index in [4.69, 9.17) is 0 Å². The van der Waals surface area contributed by atoms with Crippen LogP contribution in [0.1, 0.15) is 39.0 Å². The highest BCUT2D eigenvalue weighted by Gasteiger charge is 2.29. The molecule has 7 nitrogen and oxygen atoms in total. The van der Waals surface area contributed by atoms with E-state index in [9.17, 15) is 14.7 Å². The fraction of sp³-hybridized carbons (Fsp3) is 0.259. The summed E-state index contributed by atoms with van der Waals surface area (Å²) in [4.78, 5) is 34.5. The van der Waals surface area contributed by atoms with Gasteiger partial charge in [-0.1, -0.05) is 44.9 Å². The second-order valence-corrected chi connectivity index (χ2v) is 9.11. The lowest BCUT2D eigenvalue weighted by Gasteiger charge is -2.31. The van der Waals surface area contributed by atoms with E-state index in [1.165, 1.54) is 0 Å². The monoisotopic (exact) mass is 456 g/mol. The summed E-state index contributed by atoms with van der Waals surface area (Å²) in [6.45, 7) is 7.55. The third-order valence-corrected chi connectivity index (χ3v) is 4.94. The van der Waals surface area contributed by atoms with Crippen LogP contribution in [0.5, 0.6) is 0 Å². The first-order valence-electron chi connectivity index (χ1n) is 10.9. The molecule has 2 aromatic heterocycles. The molecule has 0 bridgehead atoms. The zero-order valence-electron chi connectivity index (χ0n) is 19.7. The van der Waals surface area contributed by atoms with Crippen molar-refractivity contribution >= 4 is 17.8 Å². The third kappa shape index (κ3) is 6.91. The first-order chi connectivity index (χ1) is 16.1. The van der Waals surface area contributed by atoms with E-state index in [2.05, 4.69) is 27.1 Å². The quantitative estimate of drug-likeness (QED) is 0.533. The van der Waals surface area contributed by atoms with Crippen molar-refractivity contribution in [2.24, 2.45) is 5.41 Å². The zero-order chi connectivity index (χ0) is 24.7. The van der Waals surface area contributed by atoms with Crippen molar-refractivity contribution in [1.29, 1.82) is 0 Å². The van der Waals surface area contributed by atoms with Gasteiger partial charge >= 0.3 is 6.09 Å². The highest BCUT2D eigenvalue weighted by Crippen LogP contribution is 2.23. The lowest BCUT2D eigenvalue weighted by atomic mass is 9.95. The van der Waals surface area contributed by atoms with E-state index in [-0.39, 0.29) is 12.0 Å². The minimum absolute atomic E-state index is 0.217. The fourth-order valence-electron chi connectivity index (χ4n) is 3.28. The van der Waals surface area contributed by atoms with Crippen molar-refractivity contribution in [3.05, 3.63) is 78.2 Å². The molecule has 34 heavy (non-hydrogen) atoms. The molecule has 1 unspecified atom stereocenters. The van der Waals surface area contributed by atoms with E-state index in [1.807, 2.05) is 69.3 Å². The summed E-state index contributed by atoms with van der Waals surface area (Å²) in [6.07, 6.45) is 2.22. The third-order valence-electron chi connectivity index (χ3n) is 4.94. The Morgan fingerprint density at radius 3 is 2.32 bits per heavy atom. The van der Waals surface area contributed by atoms with Gasteiger partial charge in [-0.2, -0.15) is 0 Å². The number of hydrogen-bond acceptors (Lipinski definition) is 4. The molecule has 2 N–H and O–H groups in total. The molecule has 0 aliphatic carbocycles. The highest BCUT2D eigenvalue weighted by molar-refractivity contribution is 5.96. The highest BCUT2D eigenvalue weighted by atomic mass is 16.4. The molecule has 7 heteroatoms. The van der Waals surface area contributed by atoms with E-state index < -0.39 is 18.0 Å². The SMILES string of the molecule is CC(C(=O)Nc1cc(-c2ccncc2)cc(C#Cc2ccccc2)n1)N(CC(C)(C)C)C(=O)O. The number of rotatable bonds is 5. The van der Waals surface area contributed by atoms with Crippen LogP contribution in [0, 0.1) is 17.3 Å². The van der Waals surface area contributed by atoms with Gasteiger partial charge in [-0.05, 0) is 65.8 Å². The fourth-order valence-corrected chi connectivity index (χ4v) is 3.28. The minimum Gasteiger partial charge on any atom is -0.465 e. The normalized spacial score (nSPS) is 11.6. The van der Waals surface area contributed by atoms with Crippen LogP contribution in [0.4, 0.5) is 10.6 Å². The Balaban J connectivity index is 1.93. The van der Waals surface area contributed by atoms with Gasteiger partial charge in [0.2, 0.25) is 5.91 Å². The summed E-state index contributed by atoms with van der Waals surface area (Å²) in [5, 5.41) is 12.4. The van der Waals surface area contributed by atoms with Gasteiger partial charge in [0.15, 0.2) is 0 Å². The molecule has 0 aliphatic rings. The molecule has 0 spiro atoms. The largest absolute Gasteiger partial charge is 0.465 e. The minimum atomic E-state index is -1.15. The Kier molecular flexibility index (Phi) is 7.64. The van der Waals surface area contributed by atoms with E-state index in [1.54, 1.807) is 25.4 Å². The summed E-state index contributed by atoms with van der Waals surface area (Å²) in [7, 11) is 0. The first kappa shape index (κ1) is 24.5. The molecular weight excluding hydrogens is 428 g/mol. The number of amides is 2. The molecule has 0 radical (unpaired) electrons. The average Bonchev–Trinajstić information content (AvgIpc) is 2.81. The standard InChI is InChI=1S/C27H28N4O3/c1-19(31(26(33)34)18-27(2,3)4)25(32)30-24-17-22(21-12-14-28-15-13-21)16-23(29-24)11-10-20-8-6-5-7-9-20/h5-9,12-17,19H,18H2,1-4H3,(H,33,34)(H,29,30,32). The number of carbonyl (C=O) groups is 2. The van der Waals surface area contributed by atoms with Gasteiger partial charge in [-0.15, -0.1) is 0 Å². The molecule has 2 heterocycles. The lowest BCUT2D eigenvalue weighted by molar-refractivity contribution is -0.120. The molecule has 174 valence electrons. The van der Waals surface area contributed by atoms with Crippen LogP contribution in [-0.2, 0) is 4.79 Å². The maximum atomic E-state index is 13.0. The number of aromatic nitrogens is 2. The number of pyridine rings is 2. The molecular formula is C27H28N4O3. The Morgan fingerprint density at radius 1 is 1.03 bits per heavy atom. The van der Waals surface area contributed by atoms with E-state index in [0.29, 0.717) is 11.5 Å². The Morgan fingerprint density at radius 2 is 1.71 bits per heavy atom. The van der Waals surface area contributed by atoms with Crippen LogP contribution < -0.4 is 5.32 Å². The van der Waals surface area contributed by atoms with Gasteiger partial charge in [0, 0.05) is 24.5 Å². The van der Waals surface area contributed by atoms with Crippen LogP contribution in [-0.4, -0.2) is 44.6 Å². The average molecular weight is 457 g/mol. The summed E-state index contributed by atoms with van der Waals surface area (Å²) in [5.74, 6) is 5.96. The van der Waals surface area contributed by atoms with Crippen molar-refractivity contribution in [3.63, 3.8) is 0 Å². The van der Waals surface area contributed by atoms with Crippen LogP contribution in [0.15, 0.2) is 67.0 Å². The summed E-state index contributed by atoms with van der Waals surface area (Å²) < 4.78 is 0. The number of carbonyl (C=O) groups excluding carboxylic acids is 1. The Bertz CT molecular complexity index is 1210. The summed E-state index contributed by atoms with van der Waals surface area (Å²) in [6, 6.07) is 15.9. The molecule has 3 aromatic rings. The van der Waals surface area contributed by atoms with Gasteiger partial charge in [0.05, 0.1) is 0 Å². The van der Waals surface area contributed by atoms with Gasteiger partial charge < -0.3 is 10.4 Å². The van der Waals surface area contributed by atoms with Crippen LogP contribution in [0.3, 0.4) is 0 Å². The van der Waals surface area contributed by atoms with Crippen LogP contribution >= 0.6 is 0 Å². The molecule has 0 saturated heterocycles. The van der Waals surface area contributed by atoms with Crippen molar-refractivity contribution in [2.45, 2.75) is 33.7 Å². The number of nitrogens with one attached hydrogen (secondary N) is 1. The molecule has 3 rings (SSSR count). The van der Waals surface area contributed by atoms with Crippen molar-refractivity contribution in [3.8, 4) is 23.0 Å². The number of benzene rings is 1. The molecule has 2 amide bonds. The second kappa shape index (κ2) is 10.6. The van der Waals surface area contributed by atoms with Gasteiger partial charge in [0.25, 0.3) is 0 Å².